The van der Waals surface area contributed by atoms with Crippen LogP contribution < -0.4 is 15.4 Å². The largest absolute Gasteiger partial charge is 0.497 e. The predicted octanol–water partition coefficient (Wildman–Crippen LogP) is 2.79. The second kappa shape index (κ2) is 7.73. The summed E-state index contributed by atoms with van der Waals surface area (Å²) in [7, 11) is 1.57. The van der Waals surface area contributed by atoms with Crippen LogP contribution >= 0.6 is 11.3 Å². The van der Waals surface area contributed by atoms with Crippen molar-refractivity contribution < 1.29 is 14.3 Å². The zero-order valence-corrected chi connectivity index (χ0v) is 14.1. The Morgan fingerprint density at radius 2 is 1.91 bits per heavy atom. The first-order valence-corrected chi connectivity index (χ1v) is 8.06. The molecule has 0 unspecified atom stereocenters. The highest BCUT2D eigenvalue weighted by Crippen LogP contribution is 2.17. The maximum Gasteiger partial charge on any atom is 0.270 e. The van der Waals surface area contributed by atoms with E-state index in [1.165, 1.54) is 11.3 Å². The lowest BCUT2D eigenvalue weighted by atomic mass is 10.2. The van der Waals surface area contributed by atoms with Crippen molar-refractivity contribution in [2.75, 3.05) is 19.0 Å². The molecule has 0 aliphatic carbocycles. The van der Waals surface area contributed by atoms with Crippen LogP contribution in [-0.4, -0.2) is 30.5 Å². The molecule has 6 nitrogen and oxygen atoms in total. The highest BCUT2D eigenvalue weighted by atomic mass is 32.1. The van der Waals surface area contributed by atoms with Crippen LogP contribution in [0.5, 0.6) is 5.75 Å². The van der Waals surface area contributed by atoms with E-state index in [0.717, 1.165) is 0 Å². The molecule has 122 valence electrons. The third-order valence-corrected chi connectivity index (χ3v) is 3.74. The third kappa shape index (κ3) is 4.79. The van der Waals surface area contributed by atoms with Gasteiger partial charge in [-0.1, -0.05) is 13.8 Å². The fraction of sp³-hybridized carbons (Fsp3) is 0.312. The number of rotatable bonds is 6. The first-order valence-electron chi connectivity index (χ1n) is 7.18. The van der Waals surface area contributed by atoms with Crippen LogP contribution in [0.25, 0.3) is 0 Å². The van der Waals surface area contributed by atoms with Gasteiger partial charge in [-0.25, -0.2) is 4.98 Å². The Hall–Kier alpha value is -2.41. The third-order valence-electron chi connectivity index (χ3n) is 2.98. The summed E-state index contributed by atoms with van der Waals surface area (Å²) < 4.78 is 5.05. The van der Waals surface area contributed by atoms with Crippen LogP contribution in [0.4, 0.5) is 5.13 Å². The van der Waals surface area contributed by atoms with Gasteiger partial charge >= 0.3 is 0 Å². The van der Waals surface area contributed by atoms with E-state index >= 15 is 0 Å². The van der Waals surface area contributed by atoms with E-state index in [4.69, 9.17) is 4.74 Å². The zero-order valence-electron chi connectivity index (χ0n) is 13.3. The minimum atomic E-state index is -0.281. The van der Waals surface area contributed by atoms with Gasteiger partial charge in [-0.15, -0.1) is 11.3 Å². The summed E-state index contributed by atoms with van der Waals surface area (Å²) in [5.41, 5.74) is 0.799. The second-order valence-electron chi connectivity index (χ2n) is 5.32. The van der Waals surface area contributed by atoms with Crippen molar-refractivity contribution in [3.8, 4) is 5.75 Å². The molecule has 0 bridgehead atoms. The van der Waals surface area contributed by atoms with Crippen molar-refractivity contribution in [2.45, 2.75) is 13.8 Å². The number of amides is 2. The molecular formula is C16H19N3O3S. The van der Waals surface area contributed by atoms with Gasteiger partial charge in [-0.05, 0) is 30.2 Å². The van der Waals surface area contributed by atoms with Gasteiger partial charge < -0.3 is 10.1 Å². The van der Waals surface area contributed by atoms with Gasteiger partial charge in [-0.3, -0.25) is 14.9 Å². The molecule has 0 aliphatic heterocycles. The van der Waals surface area contributed by atoms with Gasteiger partial charge in [0.15, 0.2) is 5.13 Å². The Balaban J connectivity index is 1.97. The molecule has 1 aromatic heterocycles. The Bertz CT molecular complexity index is 680. The number of methoxy groups -OCH3 is 1. The van der Waals surface area contributed by atoms with Gasteiger partial charge in [0.25, 0.3) is 11.8 Å². The predicted molar refractivity (Wildman–Crippen MR) is 90.2 cm³/mol. The van der Waals surface area contributed by atoms with Crippen molar-refractivity contribution in [2.24, 2.45) is 5.92 Å². The maximum absolute atomic E-state index is 12.1. The summed E-state index contributed by atoms with van der Waals surface area (Å²) in [6.07, 6.45) is 0. The maximum atomic E-state index is 12.1. The quantitative estimate of drug-likeness (QED) is 0.852. The van der Waals surface area contributed by atoms with Crippen LogP contribution in [-0.2, 0) is 0 Å². The lowest BCUT2D eigenvalue weighted by Crippen LogP contribution is -2.27. The minimum Gasteiger partial charge on any atom is -0.497 e. The molecule has 0 saturated heterocycles. The molecular weight excluding hydrogens is 314 g/mol. The van der Waals surface area contributed by atoms with Crippen LogP contribution in [0.3, 0.4) is 0 Å². The van der Waals surface area contributed by atoms with Crippen molar-refractivity contribution in [1.29, 1.82) is 0 Å². The zero-order chi connectivity index (χ0) is 16.8. The smallest absolute Gasteiger partial charge is 0.270 e. The average molecular weight is 333 g/mol. The summed E-state index contributed by atoms with van der Waals surface area (Å²) in [5, 5.41) is 7.49. The van der Waals surface area contributed by atoms with E-state index in [2.05, 4.69) is 15.6 Å². The highest BCUT2D eigenvalue weighted by Gasteiger charge is 2.13. The number of carbonyl (C=O) groups excluding carboxylic acids is 2. The number of nitrogens with zero attached hydrogens (tertiary/aromatic N) is 1. The Labute approximate surface area is 138 Å². The van der Waals surface area contributed by atoms with E-state index in [0.29, 0.717) is 34.6 Å². The molecule has 2 N–H and O–H groups in total. The Kier molecular flexibility index (Phi) is 5.70. The molecule has 0 atom stereocenters. The minimum absolute atomic E-state index is 0.236. The van der Waals surface area contributed by atoms with Crippen molar-refractivity contribution in [3.63, 3.8) is 0 Å². The number of hydrogen-bond acceptors (Lipinski definition) is 5. The molecule has 2 aromatic rings. The van der Waals surface area contributed by atoms with Gasteiger partial charge in [0, 0.05) is 17.5 Å². The fourth-order valence-corrected chi connectivity index (χ4v) is 2.42. The molecule has 7 heteroatoms. The number of ether oxygens (including phenoxy) is 1. The number of benzene rings is 1. The summed E-state index contributed by atoms with van der Waals surface area (Å²) in [6.45, 7) is 4.62. The highest BCUT2D eigenvalue weighted by molar-refractivity contribution is 7.14. The lowest BCUT2D eigenvalue weighted by Gasteiger charge is -2.05. The van der Waals surface area contributed by atoms with E-state index < -0.39 is 0 Å². The van der Waals surface area contributed by atoms with Crippen molar-refractivity contribution in [1.82, 2.24) is 10.3 Å². The van der Waals surface area contributed by atoms with E-state index in [-0.39, 0.29) is 11.8 Å². The fourth-order valence-electron chi connectivity index (χ4n) is 1.73. The molecule has 2 rings (SSSR count). The summed E-state index contributed by atoms with van der Waals surface area (Å²) >= 11 is 1.21. The average Bonchev–Trinajstić information content (AvgIpc) is 3.01. The molecule has 0 fully saturated rings. The van der Waals surface area contributed by atoms with Gasteiger partial charge in [0.1, 0.15) is 11.4 Å². The first-order chi connectivity index (χ1) is 11.0. The number of carbonyl (C=O) groups is 2. The summed E-state index contributed by atoms with van der Waals surface area (Å²) in [4.78, 5) is 28.2. The first kappa shape index (κ1) is 17.0. The molecule has 1 heterocycles. The van der Waals surface area contributed by atoms with Crippen molar-refractivity contribution in [3.05, 3.63) is 40.9 Å². The molecule has 0 saturated carbocycles. The summed E-state index contributed by atoms with van der Waals surface area (Å²) in [6, 6.07) is 6.75. The van der Waals surface area contributed by atoms with Crippen molar-refractivity contribution >= 4 is 28.3 Å². The number of thiazole rings is 1. The molecule has 2 amide bonds. The van der Waals surface area contributed by atoms with Crippen LogP contribution in [0.2, 0.25) is 0 Å². The van der Waals surface area contributed by atoms with Crippen LogP contribution in [0.1, 0.15) is 34.7 Å². The monoisotopic (exact) mass is 333 g/mol. The summed E-state index contributed by atoms with van der Waals surface area (Å²) in [5.74, 6) is 0.530. The van der Waals surface area contributed by atoms with Gasteiger partial charge in [-0.2, -0.15) is 0 Å². The van der Waals surface area contributed by atoms with E-state index in [1.807, 2.05) is 13.8 Å². The van der Waals surface area contributed by atoms with Gasteiger partial charge in [0.05, 0.1) is 7.11 Å². The lowest BCUT2D eigenvalue weighted by molar-refractivity contribution is 0.0943. The number of aromatic nitrogens is 1. The standard InChI is InChI=1S/C16H19N3O3S/c1-10(2)8-17-15(21)13-9-23-16(18-13)19-14(20)11-4-6-12(22-3)7-5-11/h4-7,9-10H,8H2,1-3H3,(H,17,21)(H,18,19,20). The number of hydrogen-bond donors (Lipinski definition) is 2. The Morgan fingerprint density at radius 1 is 1.22 bits per heavy atom. The van der Waals surface area contributed by atoms with Crippen LogP contribution in [0.15, 0.2) is 29.6 Å². The number of nitrogens with one attached hydrogen (secondary N) is 2. The topological polar surface area (TPSA) is 80.3 Å². The number of anilines is 1. The molecule has 0 aliphatic rings. The molecule has 23 heavy (non-hydrogen) atoms. The molecule has 0 radical (unpaired) electrons. The molecule has 1 aromatic carbocycles. The SMILES string of the molecule is COc1ccc(C(=O)Nc2nc(C(=O)NCC(C)C)cs2)cc1. The van der Waals surface area contributed by atoms with E-state index in [9.17, 15) is 9.59 Å². The Morgan fingerprint density at radius 3 is 2.52 bits per heavy atom. The second-order valence-corrected chi connectivity index (χ2v) is 6.18. The normalized spacial score (nSPS) is 10.4. The van der Waals surface area contributed by atoms with E-state index in [1.54, 1.807) is 36.8 Å². The molecule has 0 spiro atoms. The van der Waals surface area contributed by atoms with Gasteiger partial charge in [0.2, 0.25) is 0 Å². The van der Waals surface area contributed by atoms with Crippen LogP contribution in [0, 0.1) is 5.92 Å².